The maximum absolute atomic E-state index is 12.8. The minimum atomic E-state index is -0.831. The highest BCUT2D eigenvalue weighted by molar-refractivity contribution is 6.05. The third kappa shape index (κ3) is 3.67. The quantitative estimate of drug-likeness (QED) is 0.558. The highest BCUT2D eigenvalue weighted by Gasteiger charge is 2.39. The number of fused-ring (bicyclic) bond motifs is 3. The molecule has 1 aliphatic carbocycles. The van der Waals surface area contributed by atoms with Gasteiger partial charge in [0.25, 0.3) is 5.91 Å². The zero-order chi connectivity index (χ0) is 21.4. The molecule has 2 aromatic carbocycles. The smallest absolute Gasteiger partial charge is 0.325 e. The lowest BCUT2D eigenvalue weighted by molar-refractivity contribution is -0.131. The van der Waals surface area contributed by atoms with E-state index in [9.17, 15) is 14.4 Å². The van der Waals surface area contributed by atoms with Gasteiger partial charge in [-0.05, 0) is 36.5 Å². The molecule has 2 unspecified atom stereocenters. The van der Waals surface area contributed by atoms with Crippen molar-refractivity contribution in [3.05, 3.63) is 71.4 Å². The van der Waals surface area contributed by atoms with E-state index in [1.807, 2.05) is 48.5 Å². The Labute approximate surface area is 179 Å². The van der Waals surface area contributed by atoms with Crippen LogP contribution in [0, 0.1) is 0 Å². The van der Waals surface area contributed by atoms with Crippen molar-refractivity contribution in [2.24, 2.45) is 0 Å². The van der Waals surface area contributed by atoms with Gasteiger partial charge in [0.1, 0.15) is 6.04 Å². The highest BCUT2D eigenvalue weighted by Crippen LogP contribution is 2.34. The minimum absolute atomic E-state index is 0.0675. The molecule has 7 nitrogen and oxygen atoms in total. The van der Waals surface area contributed by atoms with Crippen molar-refractivity contribution in [2.45, 2.75) is 44.3 Å². The second-order valence-corrected chi connectivity index (χ2v) is 8.19. The summed E-state index contributed by atoms with van der Waals surface area (Å²) in [5.41, 5.74) is 4.24. The van der Waals surface area contributed by atoms with E-state index in [0.29, 0.717) is 0 Å². The van der Waals surface area contributed by atoms with Crippen LogP contribution in [0.4, 0.5) is 4.79 Å². The fraction of sp³-hybridized carbons (Fsp3) is 0.292. The number of hydrogen-bond acceptors (Lipinski definition) is 3. The summed E-state index contributed by atoms with van der Waals surface area (Å²) in [6, 6.07) is 16.1. The fourth-order valence-electron chi connectivity index (χ4n) is 4.63. The first kappa shape index (κ1) is 19.4. The predicted octanol–water partition coefficient (Wildman–Crippen LogP) is 3.17. The number of hydrogen-bond donors (Lipinski definition) is 3. The number of rotatable bonds is 5. The van der Waals surface area contributed by atoms with Gasteiger partial charge in [0.05, 0.1) is 19.0 Å². The second-order valence-electron chi connectivity index (χ2n) is 8.19. The van der Waals surface area contributed by atoms with Gasteiger partial charge in [0, 0.05) is 16.6 Å². The monoisotopic (exact) mass is 416 g/mol. The van der Waals surface area contributed by atoms with Crippen LogP contribution < -0.4 is 10.6 Å². The minimum Gasteiger partial charge on any atom is -0.356 e. The van der Waals surface area contributed by atoms with E-state index in [2.05, 4.69) is 21.7 Å². The molecule has 158 valence electrons. The van der Waals surface area contributed by atoms with E-state index < -0.39 is 12.1 Å². The number of carbonyl (C=O) groups excluding carboxylic acids is 3. The van der Waals surface area contributed by atoms with Crippen LogP contribution in [0.2, 0.25) is 0 Å². The Bertz CT molecular complexity index is 1150. The number of aromatic nitrogens is 1. The standard InChI is InChI=1S/C24H24N4O3/c29-21(13-20-23(30)28(24(31)27-20)14-15-7-2-1-3-8-15)25-19-12-6-10-17-16-9-4-5-11-18(16)26-22(17)19/h1-5,7-9,11,19-20,26H,6,10,12-14H2,(H,25,29)(H,27,31). The SMILES string of the molecule is O=C(CC1NC(=O)N(Cc2ccccc2)C1=O)NC1CCCc2c1[nH]c1ccccc21. The summed E-state index contributed by atoms with van der Waals surface area (Å²) in [6.07, 6.45) is 2.75. The number of H-pyrrole nitrogens is 1. The Morgan fingerprint density at radius 3 is 2.68 bits per heavy atom. The summed E-state index contributed by atoms with van der Waals surface area (Å²) >= 11 is 0. The first-order valence-electron chi connectivity index (χ1n) is 10.6. The van der Waals surface area contributed by atoms with Crippen LogP contribution in [-0.4, -0.2) is 33.8 Å². The average molecular weight is 416 g/mol. The van der Waals surface area contributed by atoms with Gasteiger partial charge in [-0.3, -0.25) is 14.5 Å². The first-order chi connectivity index (χ1) is 15.1. The van der Waals surface area contributed by atoms with Crippen molar-refractivity contribution in [1.82, 2.24) is 20.5 Å². The lowest BCUT2D eigenvalue weighted by Crippen LogP contribution is -2.38. The van der Waals surface area contributed by atoms with Gasteiger partial charge in [0.2, 0.25) is 5.91 Å². The van der Waals surface area contributed by atoms with Gasteiger partial charge in [-0.2, -0.15) is 0 Å². The number of aryl methyl sites for hydroxylation is 1. The molecule has 0 radical (unpaired) electrons. The van der Waals surface area contributed by atoms with Gasteiger partial charge in [0.15, 0.2) is 0 Å². The van der Waals surface area contributed by atoms with Crippen molar-refractivity contribution in [3.8, 4) is 0 Å². The molecule has 31 heavy (non-hydrogen) atoms. The Balaban J connectivity index is 1.25. The van der Waals surface area contributed by atoms with E-state index in [0.717, 1.165) is 36.0 Å². The number of para-hydroxylation sites is 1. The molecule has 0 spiro atoms. The number of imide groups is 1. The molecule has 7 heteroatoms. The van der Waals surface area contributed by atoms with Crippen molar-refractivity contribution in [2.75, 3.05) is 0 Å². The molecule has 0 bridgehead atoms. The summed E-state index contributed by atoms with van der Waals surface area (Å²) in [7, 11) is 0. The Hall–Kier alpha value is -3.61. The van der Waals surface area contributed by atoms with Crippen molar-refractivity contribution < 1.29 is 14.4 Å². The Morgan fingerprint density at radius 1 is 1.06 bits per heavy atom. The van der Waals surface area contributed by atoms with Crippen molar-refractivity contribution >= 4 is 28.7 Å². The van der Waals surface area contributed by atoms with Crippen LogP contribution in [-0.2, 0) is 22.6 Å². The van der Waals surface area contributed by atoms with Gasteiger partial charge in [-0.25, -0.2) is 4.79 Å². The first-order valence-corrected chi connectivity index (χ1v) is 10.6. The molecular formula is C24H24N4O3. The lowest BCUT2D eigenvalue weighted by atomic mass is 9.91. The van der Waals surface area contributed by atoms with Crippen LogP contribution in [0.3, 0.4) is 0 Å². The van der Waals surface area contributed by atoms with E-state index in [-0.39, 0.29) is 30.8 Å². The maximum atomic E-state index is 12.8. The van der Waals surface area contributed by atoms with E-state index in [1.165, 1.54) is 15.8 Å². The second kappa shape index (κ2) is 7.91. The molecule has 4 amide bonds. The number of aromatic amines is 1. The number of benzene rings is 2. The molecule has 3 aromatic rings. The fourth-order valence-corrected chi connectivity index (χ4v) is 4.63. The molecule has 5 rings (SSSR count). The zero-order valence-corrected chi connectivity index (χ0v) is 17.1. The third-order valence-corrected chi connectivity index (χ3v) is 6.13. The maximum Gasteiger partial charge on any atom is 0.325 e. The normalized spacial score (nSPS) is 20.6. The van der Waals surface area contributed by atoms with Crippen LogP contribution >= 0.6 is 0 Å². The average Bonchev–Trinajstić information content (AvgIpc) is 3.28. The molecule has 2 aliphatic rings. The van der Waals surface area contributed by atoms with E-state index in [4.69, 9.17) is 0 Å². The van der Waals surface area contributed by atoms with E-state index in [1.54, 1.807) is 0 Å². The zero-order valence-electron chi connectivity index (χ0n) is 17.1. The summed E-state index contributed by atoms with van der Waals surface area (Å²) < 4.78 is 0. The molecule has 1 aliphatic heterocycles. The third-order valence-electron chi connectivity index (χ3n) is 6.13. The molecule has 0 saturated carbocycles. The summed E-state index contributed by atoms with van der Waals surface area (Å²) in [5, 5.41) is 6.92. The number of nitrogens with one attached hydrogen (secondary N) is 3. The molecule has 2 heterocycles. The lowest BCUT2D eigenvalue weighted by Gasteiger charge is -2.24. The summed E-state index contributed by atoms with van der Waals surface area (Å²) in [4.78, 5) is 42.4. The largest absolute Gasteiger partial charge is 0.356 e. The van der Waals surface area contributed by atoms with Gasteiger partial charge in [-0.15, -0.1) is 0 Å². The predicted molar refractivity (Wildman–Crippen MR) is 116 cm³/mol. The van der Waals surface area contributed by atoms with Gasteiger partial charge >= 0.3 is 6.03 Å². The molecule has 1 aromatic heterocycles. The highest BCUT2D eigenvalue weighted by atomic mass is 16.2. The van der Waals surface area contributed by atoms with Crippen molar-refractivity contribution in [1.29, 1.82) is 0 Å². The molecular weight excluding hydrogens is 392 g/mol. The molecule has 1 fully saturated rings. The summed E-state index contributed by atoms with van der Waals surface area (Å²) in [5.74, 6) is -0.601. The topological polar surface area (TPSA) is 94.3 Å². The van der Waals surface area contributed by atoms with E-state index >= 15 is 0 Å². The Kier molecular flexibility index (Phi) is 4.94. The van der Waals surface area contributed by atoms with Gasteiger partial charge in [-0.1, -0.05) is 48.5 Å². The molecule has 2 atom stereocenters. The molecule has 3 N–H and O–H groups in total. The molecule has 1 saturated heterocycles. The van der Waals surface area contributed by atoms with Crippen LogP contribution in [0.1, 0.15) is 42.1 Å². The number of carbonyl (C=O) groups is 3. The number of urea groups is 1. The van der Waals surface area contributed by atoms with Gasteiger partial charge < -0.3 is 15.6 Å². The summed E-state index contributed by atoms with van der Waals surface area (Å²) in [6.45, 7) is 0.199. The number of amides is 4. The Morgan fingerprint density at radius 2 is 1.84 bits per heavy atom. The van der Waals surface area contributed by atoms with Crippen LogP contribution in [0.5, 0.6) is 0 Å². The van der Waals surface area contributed by atoms with Crippen LogP contribution in [0.25, 0.3) is 10.9 Å². The van der Waals surface area contributed by atoms with Crippen LogP contribution in [0.15, 0.2) is 54.6 Å². The number of nitrogens with zero attached hydrogens (tertiary/aromatic N) is 1. The van der Waals surface area contributed by atoms with Crippen molar-refractivity contribution in [3.63, 3.8) is 0 Å².